The molecule has 0 unspecified atom stereocenters. The molecule has 0 saturated carbocycles. The minimum Gasteiger partial charge on any atom is -0.872 e. The van der Waals surface area contributed by atoms with E-state index in [1.165, 1.54) is 0 Å². The average molecular weight is 160 g/mol. The van der Waals surface area contributed by atoms with Crippen molar-refractivity contribution in [1.82, 2.24) is 0 Å². The van der Waals surface area contributed by atoms with Crippen molar-refractivity contribution in [2.45, 2.75) is 13.8 Å². The third-order valence-electron chi connectivity index (χ3n) is 1.41. The fourth-order valence-electron chi connectivity index (χ4n) is 0.799. The van der Waals surface area contributed by atoms with E-state index in [-0.39, 0.29) is 57.1 Å². The van der Waals surface area contributed by atoms with Crippen LogP contribution in [0.1, 0.15) is 11.1 Å². The van der Waals surface area contributed by atoms with Crippen molar-refractivity contribution in [3.8, 4) is 5.75 Å². The van der Waals surface area contributed by atoms with E-state index in [0.29, 0.717) is 0 Å². The van der Waals surface area contributed by atoms with Crippen molar-refractivity contribution in [2.24, 2.45) is 0 Å². The van der Waals surface area contributed by atoms with Gasteiger partial charge in [0.25, 0.3) is 0 Å². The van der Waals surface area contributed by atoms with Gasteiger partial charge in [-0.2, -0.15) is 0 Å². The quantitative estimate of drug-likeness (QED) is 0.418. The first-order chi connectivity index (χ1) is 4.22. The van der Waals surface area contributed by atoms with Gasteiger partial charge in [-0.15, -0.1) is 5.75 Å². The number of hydrogen-bond donors (Lipinski definition) is 0. The zero-order valence-electron chi connectivity index (χ0n) is 6.64. The Balaban J connectivity index is 0.000000810. The molecule has 10 heavy (non-hydrogen) atoms. The van der Waals surface area contributed by atoms with Crippen LogP contribution in [0.15, 0.2) is 18.2 Å². The molecule has 0 fully saturated rings. The molecule has 0 atom stereocenters. The van der Waals surface area contributed by atoms with E-state index in [1.54, 1.807) is 0 Å². The van der Waals surface area contributed by atoms with Gasteiger partial charge in [-0.25, -0.2) is 0 Å². The van der Waals surface area contributed by atoms with E-state index in [4.69, 9.17) is 0 Å². The summed E-state index contributed by atoms with van der Waals surface area (Å²) in [5.74, 6) is 0.164. The number of hydrogen-bond acceptors (Lipinski definition) is 1. The molecule has 1 aromatic carbocycles. The summed E-state index contributed by atoms with van der Waals surface area (Å²) in [6.45, 7) is 3.66. The van der Waals surface area contributed by atoms with Crippen LogP contribution in [0.5, 0.6) is 5.75 Å². The molecule has 0 amide bonds. The van der Waals surface area contributed by atoms with Gasteiger partial charge in [-0.1, -0.05) is 29.3 Å². The Kier molecular flexibility index (Phi) is 4.81. The Bertz CT molecular complexity index is 200. The van der Waals surface area contributed by atoms with E-state index in [0.717, 1.165) is 11.1 Å². The van der Waals surface area contributed by atoms with E-state index >= 15 is 0 Å². The van der Waals surface area contributed by atoms with Crippen LogP contribution >= 0.6 is 0 Å². The second-order valence-corrected chi connectivity index (χ2v) is 2.22. The van der Waals surface area contributed by atoms with Crippen molar-refractivity contribution in [3.63, 3.8) is 0 Å². The van der Waals surface area contributed by atoms with Gasteiger partial charge in [0.2, 0.25) is 0 Å². The molecule has 0 aromatic heterocycles. The van der Waals surface area contributed by atoms with Crippen LogP contribution < -0.4 is 56.5 Å². The second kappa shape index (κ2) is 4.52. The average Bonchev–Trinajstić information content (AvgIpc) is 1.83. The molecule has 0 aliphatic carbocycles. The molecule has 0 aliphatic heterocycles. The van der Waals surface area contributed by atoms with Crippen LogP contribution in [0.2, 0.25) is 0 Å². The van der Waals surface area contributed by atoms with E-state index < -0.39 is 0 Å². The Morgan fingerprint density at radius 1 is 1.10 bits per heavy atom. The molecule has 1 nitrogen and oxygen atoms in total. The third-order valence-corrected chi connectivity index (χ3v) is 1.41. The Hall–Kier alpha value is 0.656. The van der Waals surface area contributed by atoms with Gasteiger partial charge in [0.05, 0.1) is 0 Å². The summed E-state index contributed by atoms with van der Waals surface area (Å²) in [6, 6.07) is 5.55. The van der Waals surface area contributed by atoms with Crippen LogP contribution in [0, 0.1) is 13.8 Å². The maximum Gasteiger partial charge on any atom is 1.00 e. The molecule has 0 N–H and O–H groups in total. The summed E-state index contributed by atoms with van der Waals surface area (Å²) in [6.07, 6.45) is 0. The zero-order valence-corrected chi connectivity index (χ0v) is 9.76. The molecule has 1 rings (SSSR count). The second-order valence-electron chi connectivity index (χ2n) is 2.22. The summed E-state index contributed by atoms with van der Waals surface area (Å²) < 4.78 is 0. The third kappa shape index (κ3) is 2.36. The SMILES string of the molecule is Cc1cccc(C)c1[O-].[K+]. The molecule has 0 saturated heterocycles. The van der Waals surface area contributed by atoms with Crippen molar-refractivity contribution in [2.75, 3.05) is 0 Å². The molecule has 0 heterocycles. The molecule has 48 valence electrons. The van der Waals surface area contributed by atoms with Crippen LogP contribution in [0.25, 0.3) is 0 Å². The summed E-state index contributed by atoms with van der Waals surface area (Å²) in [7, 11) is 0. The standard InChI is InChI=1S/C8H10O.K/c1-6-4-3-5-7(2)8(6)9;/h3-5,9H,1-2H3;/q;+1/p-1. The smallest absolute Gasteiger partial charge is 0.872 e. The number of benzene rings is 1. The first-order valence-electron chi connectivity index (χ1n) is 2.95. The van der Waals surface area contributed by atoms with Crippen molar-refractivity contribution in [1.29, 1.82) is 0 Å². The maximum atomic E-state index is 11.0. The van der Waals surface area contributed by atoms with Crippen LogP contribution in [0.4, 0.5) is 0 Å². The van der Waals surface area contributed by atoms with Gasteiger partial charge in [-0.05, 0) is 13.8 Å². The Morgan fingerprint density at radius 3 is 1.80 bits per heavy atom. The van der Waals surface area contributed by atoms with Crippen molar-refractivity contribution < 1.29 is 56.5 Å². The molecular formula is C8H9KO. The largest absolute Gasteiger partial charge is 1.00 e. The van der Waals surface area contributed by atoms with Crippen LogP contribution in [-0.4, -0.2) is 0 Å². The minimum atomic E-state index is 0. The monoisotopic (exact) mass is 160 g/mol. The predicted molar refractivity (Wildman–Crippen MR) is 35.4 cm³/mol. The maximum absolute atomic E-state index is 11.0. The first kappa shape index (κ1) is 10.7. The van der Waals surface area contributed by atoms with Gasteiger partial charge in [0.1, 0.15) is 0 Å². The fourth-order valence-corrected chi connectivity index (χ4v) is 0.799. The predicted octanol–water partition coefficient (Wildman–Crippen LogP) is -1.62. The Labute approximate surface area is 104 Å². The first-order valence-corrected chi connectivity index (χ1v) is 2.95. The normalized spacial score (nSPS) is 8.60. The van der Waals surface area contributed by atoms with E-state index in [9.17, 15) is 5.11 Å². The van der Waals surface area contributed by atoms with Gasteiger partial charge in [-0.3, -0.25) is 0 Å². The molecule has 0 aliphatic rings. The van der Waals surface area contributed by atoms with Gasteiger partial charge >= 0.3 is 51.4 Å². The molecular weight excluding hydrogens is 151 g/mol. The minimum absolute atomic E-state index is 0. The van der Waals surface area contributed by atoms with Crippen LogP contribution in [0.3, 0.4) is 0 Å². The molecule has 0 spiro atoms. The Morgan fingerprint density at radius 2 is 1.50 bits per heavy atom. The van der Waals surface area contributed by atoms with Gasteiger partial charge in [0, 0.05) is 0 Å². The molecule has 0 bridgehead atoms. The van der Waals surface area contributed by atoms with Gasteiger partial charge < -0.3 is 5.11 Å². The zero-order chi connectivity index (χ0) is 6.85. The molecule has 0 radical (unpaired) electrons. The fraction of sp³-hybridized carbons (Fsp3) is 0.250. The number of para-hydroxylation sites is 1. The topological polar surface area (TPSA) is 23.1 Å². The van der Waals surface area contributed by atoms with Gasteiger partial charge in [0.15, 0.2) is 0 Å². The molecule has 2 heteroatoms. The van der Waals surface area contributed by atoms with Crippen molar-refractivity contribution in [3.05, 3.63) is 29.3 Å². The summed E-state index contributed by atoms with van der Waals surface area (Å²) in [4.78, 5) is 0. The summed E-state index contributed by atoms with van der Waals surface area (Å²) >= 11 is 0. The van der Waals surface area contributed by atoms with Crippen molar-refractivity contribution >= 4 is 0 Å². The summed E-state index contributed by atoms with van der Waals surface area (Å²) in [5, 5.41) is 11.0. The number of rotatable bonds is 0. The van der Waals surface area contributed by atoms with E-state index in [2.05, 4.69) is 0 Å². The summed E-state index contributed by atoms with van der Waals surface area (Å²) in [5.41, 5.74) is 1.66. The number of aryl methyl sites for hydroxylation is 2. The van der Waals surface area contributed by atoms with Crippen LogP contribution in [-0.2, 0) is 0 Å². The van der Waals surface area contributed by atoms with E-state index in [1.807, 2.05) is 32.0 Å². The molecule has 1 aromatic rings.